The molecule has 18 heavy (non-hydrogen) atoms. The molecule has 0 aliphatic rings. The van der Waals surface area contributed by atoms with E-state index in [0.717, 1.165) is 28.0 Å². The van der Waals surface area contributed by atoms with E-state index in [-0.39, 0.29) is 0 Å². The van der Waals surface area contributed by atoms with Crippen molar-refractivity contribution in [1.82, 2.24) is 9.97 Å². The first-order valence-corrected chi connectivity index (χ1v) is 7.28. The molecule has 2 heterocycles. The summed E-state index contributed by atoms with van der Waals surface area (Å²) in [7, 11) is 2.05. The van der Waals surface area contributed by atoms with Gasteiger partial charge in [0.15, 0.2) is 0 Å². The van der Waals surface area contributed by atoms with Gasteiger partial charge in [-0.3, -0.25) is 0 Å². The SMILES string of the molecule is CN(Cc1cc(Br)cs1)c1nc2ccccc2[nH]1. The predicted octanol–water partition coefficient (Wildman–Crippen LogP) is 4.02. The zero-order chi connectivity index (χ0) is 12.5. The van der Waals surface area contributed by atoms with Crippen molar-refractivity contribution in [3.8, 4) is 0 Å². The van der Waals surface area contributed by atoms with E-state index in [1.807, 2.05) is 31.3 Å². The van der Waals surface area contributed by atoms with Crippen LogP contribution in [0, 0.1) is 0 Å². The highest BCUT2D eigenvalue weighted by Crippen LogP contribution is 2.23. The number of H-pyrrole nitrogens is 1. The number of rotatable bonds is 3. The summed E-state index contributed by atoms with van der Waals surface area (Å²) < 4.78 is 1.14. The smallest absolute Gasteiger partial charge is 0.203 e. The molecule has 3 rings (SSSR count). The zero-order valence-corrected chi connectivity index (χ0v) is 12.3. The predicted molar refractivity (Wildman–Crippen MR) is 80.2 cm³/mol. The third-order valence-electron chi connectivity index (χ3n) is 2.75. The monoisotopic (exact) mass is 321 g/mol. The van der Waals surface area contributed by atoms with Gasteiger partial charge in [-0.1, -0.05) is 12.1 Å². The number of hydrogen-bond donors (Lipinski definition) is 1. The van der Waals surface area contributed by atoms with Crippen LogP contribution in [0.3, 0.4) is 0 Å². The van der Waals surface area contributed by atoms with Gasteiger partial charge >= 0.3 is 0 Å². The van der Waals surface area contributed by atoms with Crippen LogP contribution in [0.4, 0.5) is 5.95 Å². The summed E-state index contributed by atoms with van der Waals surface area (Å²) in [6, 6.07) is 10.2. The number of anilines is 1. The number of nitrogens with one attached hydrogen (secondary N) is 1. The van der Waals surface area contributed by atoms with Crippen molar-refractivity contribution in [2.75, 3.05) is 11.9 Å². The number of para-hydroxylation sites is 2. The van der Waals surface area contributed by atoms with Crippen LogP contribution >= 0.6 is 27.3 Å². The molecule has 0 saturated heterocycles. The molecule has 1 aromatic carbocycles. The van der Waals surface area contributed by atoms with Crippen LogP contribution in [0.2, 0.25) is 0 Å². The molecule has 3 aromatic rings. The van der Waals surface area contributed by atoms with E-state index in [1.165, 1.54) is 4.88 Å². The first-order valence-electron chi connectivity index (χ1n) is 5.61. The maximum absolute atomic E-state index is 4.58. The van der Waals surface area contributed by atoms with Crippen molar-refractivity contribution < 1.29 is 0 Å². The molecule has 0 amide bonds. The lowest BCUT2D eigenvalue weighted by atomic mass is 10.3. The van der Waals surface area contributed by atoms with E-state index < -0.39 is 0 Å². The topological polar surface area (TPSA) is 31.9 Å². The molecule has 0 saturated carbocycles. The number of imidazole rings is 1. The van der Waals surface area contributed by atoms with Gasteiger partial charge < -0.3 is 9.88 Å². The van der Waals surface area contributed by atoms with Crippen LogP contribution in [-0.4, -0.2) is 17.0 Å². The quantitative estimate of drug-likeness (QED) is 0.790. The summed E-state index contributed by atoms with van der Waals surface area (Å²) in [5.41, 5.74) is 2.08. The normalized spacial score (nSPS) is 11.0. The summed E-state index contributed by atoms with van der Waals surface area (Å²) in [5, 5.41) is 2.10. The second kappa shape index (κ2) is 4.74. The standard InChI is InChI=1S/C13H12BrN3S/c1-17(7-10-6-9(14)8-18-10)13-15-11-4-2-3-5-12(11)16-13/h2-6,8H,7H2,1H3,(H,15,16). The number of benzene rings is 1. The van der Waals surface area contributed by atoms with Gasteiger partial charge in [0.25, 0.3) is 0 Å². The average Bonchev–Trinajstić information content (AvgIpc) is 2.95. The largest absolute Gasteiger partial charge is 0.340 e. The van der Waals surface area contributed by atoms with Crippen molar-refractivity contribution in [1.29, 1.82) is 0 Å². The molecule has 1 N–H and O–H groups in total. The third kappa shape index (κ3) is 2.28. The van der Waals surface area contributed by atoms with Gasteiger partial charge in [-0.25, -0.2) is 4.98 Å². The van der Waals surface area contributed by atoms with Gasteiger partial charge in [-0.05, 0) is 34.1 Å². The van der Waals surface area contributed by atoms with Gasteiger partial charge in [-0.2, -0.15) is 0 Å². The Morgan fingerprint density at radius 1 is 1.39 bits per heavy atom. The Morgan fingerprint density at radius 2 is 2.22 bits per heavy atom. The van der Waals surface area contributed by atoms with Gasteiger partial charge in [0.05, 0.1) is 17.6 Å². The second-order valence-electron chi connectivity index (χ2n) is 4.16. The molecule has 0 radical (unpaired) electrons. The first-order chi connectivity index (χ1) is 8.72. The molecule has 0 spiro atoms. The zero-order valence-electron chi connectivity index (χ0n) is 9.85. The number of aromatic amines is 1. The van der Waals surface area contributed by atoms with Gasteiger partial charge in [0.2, 0.25) is 5.95 Å². The maximum Gasteiger partial charge on any atom is 0.203 e. The van der Waals surface area contributed by atoms with Crippen LogP contribution in [-0.2, 0) is 6.54 Å². The minimum Gasteiger partial charge on any atom is -0.340 e. The van der Waals surface area contributed by atoms with Gasteiger partial charge in [0.1, 0.15) is 0 Å². The molecule has 5 heteroatoms. The summed E-state index contributed by atoms with van der Waals surface area (Å²) in [6.07, 6.45) is 0. The number of thiophene rings is 1. The molecule has 92 valence electrons. The van der Waals surface area contributed by atoms with Crippen molar-refractivity contribution in [3.05, 3.63) is 45.1 Å². The molecule has 0 aliphatic carbocycles. The second-order valence-corrected chi connectivity index (χ2v) is 6.08. The van der Waals surface area contributed by atoms with Gasteiger partial charge in [0, 0.05) is 21.8 Å². The Morgan fingerprint density at radius 3 is 2.94 bits per heavy atom. The molecule has 0 aliphatic heterocycles. The molecule has 3 nitrogen and oxygen atoms in total. The Labute approximate surface area is 118 Å². The number of fused-ring (bicyclic) bond motifs is 1. The molecular weight excluding hydrogens is 310 g/mol. The molecule has 0 unspecified atom stereocenters. The minimum atomic E-state index is 0.857. The van der Waals surface area contributed by atoms with Crippen LogP contribution < -0.4 is 4.90 Å². The average molecular weight is 322 g/mol. The van der Waals surface area contributed by atoms with E-state index >= 15 is 0 Å². The Bertz CT molecular complexity index is 640. The molecule has 2 aromatic heterocycles. The highest BCUT2D eigenvalue weighted by molar-refractivity contribution is 9.10. The Kier molecular flexibility index (Phi) is 3.09. The minimum absolute atomic E-state index is 0.857. The van der Waals surface area contributed by atoms with E-state index in [1.54, 1.807) is 11.3 Å². The summed E-state index contributed by atoms with van der Waals surface area (Å²) in [6.45, 7) is 0.857. The number of halogens is 1. The highest BCUT2D eigenvalue weighted by Gasteiger charge is 2.08. The summed E-state index contributed by atoms with van der Waals surface area (Å²) >= 11 is 5.22. The molecule has 0 atom stereocenters. The van der Waals surface area contributed by atoms with Gasteiger partial charge in [-0.15, -0.1) is 11.3 Å². The lowest BCUT2D eigenvalue weighted by Crippen LogP contribution is -2.16. The van der Waals surface area contributed by atoms with E-state index in [4.69, 9.17) is 0 Å². The first kappa shape index (κ1) is 11.7. The van der Waals surface area contributed by atoms with Crippen molar-refractivity contribution in [3.63, 3.8) is 0 Å². The van der Waals surface area contributed by atoms with Crippen molar-refractivity contribution in [2.24, 2.45) is 0 Å². The lowest BCUT2D eigenvalue weighted by molar-refractivity contribution is 0.898. The number of hydrogen-bond acceptors (Lipinski definition) is 3. The van der Waals surface area contributed by atoms with Crippen LogP contribution in [0.1, 0.15) is 4.88 Å². The van der Waals surface area contributed by atoms with Crippen LogP contribution in [0.15, 0.2) is 40.2 Å². The fourth-order valence-electron chi connectivity index (χ4n) is 1.87. The van der Waals surface area contributed by atoms with E-state index in [0.29, 0.717) is 0 Å². The highest BCUT2D eigenvalue weighted by atomic mass is 79.9. The number of aromatic nitrogens is 2. The van der Waals surface area contributed by atoms with Crippen LogP contribution in [0.5, 0.6) is 0 Å². The summed E-state index contributed by atoms with van der Waals surface area (Å²) in [5.74, 6) is 0.903. The molecular formula is C13H12BrN3S. The van der Waals surface area contributed by atoms with Crippen LogP contribution in [0.25, 0.3) is 11.0 Å². The lowest BCUT2D eigenvalue weighted by Gasteiger charge is -2.14. The fraction of sp³-hybridized carbons (Fsp3) is 0.154. The Balaban J connectivity index is 1.85. The van der Waals surface area contributed by atoms with E-state index in [9.17, 15) is 0 Å². The van der Waals surface area contributed by atoms with E-state index in [2.05, 4.69) is 42.2 Å². The summed E-state index contributed by atoms with van der Waals surface area (Å²) in [4.78, 5) is 11.3. The Hall–Kier alpha value is -1.33. The fourth-order valence-corrected chi connectivity index (χ4v) is 3.37. The third-order valence-corrected chi connectivity index (χ3v) is 4.44. The van der Waals surface area contributed by atoms with Crippen molar-refractivity contribution in [2.45, 2.75) is 6.54 Å². The van der Waals surface area contributed by atoms with Crippen molar-refractivity contribution >= 4 is 44.2 Å². The maximum atomic E-state index is 4.58. The number of nitrogens with zero attached hydrogens (tertiary/aromatic N) is 2. The molecule has 0 fully saturated rings. The molecule has 0 bridgehead atoms.